The van der Waals surface area contributed by atoms with Gasteiger partial charge >= 0.3 is 0 Å². The zero-order valence-electron chi connectivity index (χ0n) is 11.8. The van der Waals surface area contributed by atoms with Gasteiger partial charge in [-0.05, 0) is 19.9 Å². The van der Waals surface area contributed by atoms with Gasteiger partial charge in [-0.15, -0.1) is 0 Å². The van der Waals surface area contributed by atoms with Crippen molar-refractivity contribution in [3.63, 3.8) is 0 Å². The topological polar surface area (TPSA) is 54.5 Å². The first-order chi connectivity index (χ1) is 9.05. The van der Waals surface area contributed by atoms with Crippen molar-refractivity contribution in [1.29, 1.82) is 0 Å². The third-order valence-electron chi connectivity index (χ3n) is 3.67. The second-order valence-electron chi connectivity index (χ2n) is 5.24. The molecule has 5 nitrogen and oxygen atoms in total. The van der Waals surface area contributed by atoms with Gasteiger partial charge in [-0.1, -0.05) is 0 Å². The van der Waals surface area contributed by atoms with Gasteiger partial charge in [0.15, 0.2) is 5.78 Å². The first-order valence-electron chi connectivity index (χ1n) is 6.55. The lowest BCUT2D eigenvalue weighted by Crippen LogP contribution is -2.57. The summed E-state index contributed by atoms with van der Waals surface area (Å²) in [7, 11) is 1.58. The van der Waals surface area contributed by atoms with Gasteiger partial charge < -0.3 is 10.1 Å². The van der Waals surface area contributed by atoms with Crippen molar-refractivity contribution in [2.24, 2.45) is 0 Å². The van der Waals surface area contributed by atoms with Crippen LogP contribution in [0.5, 0.6) is 5.75 Å². The molecule has 2 rings (SSSR count). The fourth-order valence-electron chi connectivity index (χ4n) is 2.38. The Morgan fingerprint density at radius 2 is 2.05 bits per heavy atom. The van der Waals surface area contributed by atoms with E-state index >= 15 is 0 Å². The van der Waals surface area contributed by atoms with Gasteiger partial charge in [0.05, 0.1) is 18.8 Å². The summed E-state index contributed by atoms with van der Waals surface area (Å²) in [6, 6.07) is 1.75. The minimum atomic E-state index is -0.518. The zero-order valence-corrected chi connectivity index (χ0v) is 11.8. The monoisotopic (exact) mass is 263 g/mol. The van der Waals surface area contributed by atoms with Gasteiger partial charge in [0.2, 0.25) is 0 Å². The summed E-state index contributed by atoms with van der Waals surface area (Å²) in [4.78, 5) is 18.9. The first-order valence-corrected chi connectivity index (χ1v) is 6.55. The van der Waals surface area contributed by atoms with E-state index in [1.54, 1.807) is 25.6 Å². The Bertz CT molecular complexity index is 454. The number of nitrogens with one attached hydrogen (secondary N) is 1. The van der Waals surface area contributed by atoms with Gasteiger partial charge in [-0.25, -0.2) is 0 Å². The maximum absolute atomic E-state index is 12.7. The SMILES string of the molecule is COc1cncc(C(=O)C(C)(C)N2CCNCC2)c1. The standard InChI is InChI=1S/C14H21N3O2/c1-14(2,17-6-4-15-5-7-17)13(18)11-8-12(19-3)10-16-9-11/h8-10,15H,4-7H2,1-3H3. The number of carbonyl (C=O) groups excluding carboxylic acids is 1. The van der Waals surface area contributed by atoms with Crippen LogP contribution in [0.1, 0.15) is 24.2 Å². The lowest BCUT2D eigenvalue weighted by atomic mass is 9.91. The van der Waals surface area contributed by atoms with Gasteiger partial charge in [0, 0.05) is 37.9 Å². The molecular formula is C14H21N3O2. The van der Waals surface area contributed by atoms with Crippen LogP contribution in [0, 0.1) is 0 Å². The van der Waals surface area contributed by atoms with Crippen LogP contribution in [0.4, 0.5) is 0 Å². The third kappa shape index (κ3) is 2.93. The summed E-state index contributed by atoms with van der Waals surface area (Å²) in [5.41, 5.74) is 0.0822. The van der Waals surface area contributed by atoms with Crippen LogP contribution in [-0.2, 0) is 0 Å². The second kappa shape index (κ2) is 5.67. The average Bonchev–Trinajstić information content (AvgIpc) is 2.47. The third-order valence-corrected chi connectivity index (χ3v) is 3.67. The van der Waals surface area contributed by atoms with Crippen molar-refractivity contribution in [3.05, 3.63) is 24.0 Å². The highest BCUT2D eigenvalue weighted by atomic mass is 16.5. The molecule has 1 aliphatic rings. The van der Waals surface area contributed by atoms with Crippen LogP contribution in [0.3, 0.4) is 0 Å². The van der Waals surface area contributed by atoms with Crippen molar-refractivity contribution < 1.29 is 9.53 Å². The number of methoxy groups -OCH3 is 1. The summed E-state index contributed by atoms with van der Waals surface area (Å²) in [5, 5.41) is 3.30. The number of ketones is 1. The quantitative estimate of drug-likeness (QED) is 0.820. The van der Waals surface area contributed by atoms with Gasteiger partial charge in [0.1, 0.15) is 5.75 Å². The van der Waals surface area contributed by atoms with Crippen molar-refractivity contribution in [2.75, 3.05) is 33.3 Å². The first kappa shape index (κ1) is 14.0. The fourth-order valence-corrected chi connectivity index (χ4v) is 2.38. The number of hydrogen-bond donors (Lipinski definition) is 1. The Morgan fingerprint density at radius 1 is 1.37 bits per heavy atom. The molecule has 2 heterocycles. The molecule has 0 radical (unpaired) electrons. The van der Waals surface area contributed by atoms with E-state index in [9.17, 15) is 4.79 Å². The van der Waals surface area contributed by atoms with E-state index in [2.05, 4.69) is 15.2 Å². The Labute approximate surface area is 114 Å². The number of nitrogens with zero attached hydrogens (tertiary/aromatic N) is 2. The van der Waals surface area contributed by atoms with E-state index in [-0.39, 0.29) is 5.78 Å². The number of rotatable bonds is 4. The summed E-state index contributed by atoms with van der Waals surface area (Å²) in [5.74, 6) is 0.697. The van der Waals surface area contributed by atoms with E-state index < -0.39 is 5.54 Å². The molecule has 1 N–H and O–H groups in total. The highest BCUT2D eigenvalue weighted by molar-refractivity contribution is 6.02. The molecule has 1 aromatic rings. The largest absolute Gasteiger partial charge is 0.495 e. The Hall–Kier alpha value is -1.46. The summed E-state index contributed by atoms with van der Waals surface area (Å²) < 4.78 is 5.12. The lowest BCUT2D eigenvalue weighted by molar-refractivity contribution is 0.0602. The molecule has 1 aromatic heterocycles. The van der Waals surface area contributed by atoms with Crippen LogP contribution in [0.25, 0.3) is 0 Å². The number of piperazine rings is 1. The molecular weight excluding hydrogens is 242 g/mol. The Morgan fingerprint density at radius 3 is 2.68 bits per heavy atom. The molecule has 19 heavy (non-hydrogen) atoms. The number of aromatic nitrogens is 1. The summed E-state index contributed by atoms with van der Waals surface area (Å²) >= 11 is 0. The van der Waals surface area contributed by atoms with Crippen molar-refractivity contribution in [1.82, 2.24) is 15.2 Å². The molecule has 0 aromatic carbocycles. The molecule has 0 aliphatic carbocycles. The predicted octanol–water partition coefficient (Wildman–Crippen LogP) is 0.957. The molecule has 0 saturated carbocycles. The molecule has 0 bridgehead atoms. The number of carbonyl (C=O) groups is 1. The van der Waals surface area contributed by atoms with Crippen LogP contribution in [0.2, 0.25) is 0 Å². The van der Waals surface area contributed by atoms with E-state index in [4.69, 9.17) is 4.74 Å². The van der Waals surface area contributed by atoms with E-state index in [1.807, 2.05) is 13.8 Å². The van der Waals surface area contributed by atoms with Crippen LogP contribution in [-0.4, -0.2) is 54.5 Å². The molecule has 0 atom stereocenters. The highest BCUT2D eigenvalue weighted by Gasteiger charge is 2.35. The maximum Gasteiger partial charge on any atom is 0.184 e. The van der Waals surface area contributed by atoms with Crippen LogP contribution < -0.4 is 10.1 Å². The van der Waals surface area contributed by atoms with Gasteiger partial charge in [-0.2, -0.15) is 0 Å². The minimum absolute atomic E-state index is 0.0841. The normalized spacial score (nSPS) is 17.2. The summed E-state index contributed by atoms with van der Waals surface area (Å²) in [6.07, 6.45) is 3.21. The maximum atomic E-state index is 12.7. The molecule has 0 spiro atoms. The van der Waals surface area contributed by atoms with Gasteiger partial charge in [-0.3, -0.25) is 14.7 Å². The summed E-state index contributed by atoms with van der Waals surface area (Å²) in [6.45, 7) is 7.56. The van der Waals surface area contributed by atoms with Gasteiger partial charge in [0.25, 0.3) is 0 Å². The highest BCUT2D eigenvalue weighted by Crippen LogP contribution is 2.22. The van der Waals surface area contributed by atoms with E-state index in [0.29, 0.717) is 11.3 Å². The van der Waals surface area contributed by atoms with Crippen molar-refractivity contribution >= 4 is 5.78 Å². The van der Waals surface area contributed by atoms with E-state index in [1.165, 1.54) is 0 Å². The van der Waals surface area contributed by atoms with Crippen molar-refractivity contribution in [3.8, 4) is 5.75 Å². The molecule has 1 fully saturated rings. The van der Waals surface area contributed by atoms with Crippen molar-refractivity contribution in [2.45, 2.75) is 19.4 Å². The number of pyridine rings is 1. The van der Waals surface area contributed by atoms with Crippen LogP contribution >= 0.6 is 0 Å². The van der Waals surface area contributed by atoms with E-state index in [0.717, 1.165) is 26.2 Å². The molecule has 104 valence electrons. The molecule has 0 unspecified atom stereocenters. The lowest BCUT2D eigenvalue weighted by Gasteiger charge is -2.39. The molecule has 0 amide bonds. The molecule has 1 saturated heterocycles. The molecule has 5 heteroatoms. The van der Waals surface area contributed by atoms with Crippen LogP contribution in [0.15, 0.2) is 18.5 Å². The number of hydrogen-bond acceptors (Lipinski definition) is 5. The average molecular weight is 263 g/mol. The Kier molecular flexibility index (Phi) is 4.17. The predicted molar refractivity (Wildman–Crippen MR) is 73.6 cm³/mol. The number of Topliss-reactive ketones (excluding diaryl/α,β-unsaturated/α-hetero) is 1. The number of ether oxygens (including phenoxy) is 1. The smallest absolute Gasteiger partial charge is 0.184 e. The fraction of sp³-hybridized carbons (Fsp3) is 0.571. The zero-order chi connectivity index (χ0) is 13.9. The minimum Gasteiger partial charge on any atom is -0.495 e. The Balaban J connectivity index is 2.20. The molecule has 1 aliphatic heterocycles. The second-order valence-corrected chi connectivity index (χ2v) is 5.24.